The summed E-state index contributed by atoms with van der Waals surface area (Å²) in [5.74, 6) is -2.79. The highest BCUT2D eigenvalue weighted by molar-refractivity contribution is 7.17. The van der Waals surface area contributed by atoms with Crippen molar-refractivity contribution in [2.45, 2.75) is 79.1 Å². The fourth-order valence-corrected chi connectivity index (χ4v) is 6.30. The van der Waals surface area contributed by atoms with E-state index in [1.165, 1.54) is 11.3 Å². The van der Waals surface area contributed by atoms with E-state index in [9.17, 15) is 19.5 Å². The minimum Gasteiger partial charge on any atom is -0.550 e. The first-order valence-electron chi connectivity index (χ1n) is 11.5. The number of carbonyl (C=O) groups is 3. The molecule has 2 aliphatic carbocycles. The van der Waals surface area contributed by atoms with Crippen molar-refractivity contribution in [3.63, 3.8) is 0 Å². The van der Waals surface area contributed by atoms with E-state index in [0.717, 1.165) is 49.0 Å². The molecule has 1 amide bonds. The van der Waals surface area contributed by atoms with Crippen molar-refractivity contribution in [1.29, 1.82) is 0 Å². The number of hydrogen-bond donors (Lipinski definition) is 1. The van der Waals surface area contributed by atoms with Gasteiger partial charge in [-0.3, -0.25) is 4.79 Å². The van der Waals surface area contributed by atoms with Crippen LogP contribution in [0.4, 0.5) is 5.00 Å². The molecule has 172 valence electrons. The summed E-state index contributed by atoms with van der Waals surface area (Å²) in [7, 11) is 0. The van der Waals surface area contributed by atoms with Gasteiger partial charge in [0.25, 0.3) is 0 Å². The normalized spacial score (nSPS) is 23.7. The number of carboxylic acid groups (broad SMARTS) is 1. The molecule has 7 heteroatoms. The summed E-state index contributed by atoms with van der Waals surface area (Å²) < 4.78 is 5.31. The molecule has 0 spiro atoms. The summed E-state index contributed by atoms with van der Waals surface area (Å²) in [6.07, 6.45) is 6.35. The fourth-order valence-electron chi connectivity index (χ4n) is 4.98. The molecule has 3 atom stereocenters. The van der Waals surface area contributed by atoms with E-state index in [1.807, 2.05) is 0 Å². The number of hydrogen-bond acceptors (Lipinski definition) is 6. The van der Waals surface area contributed by atoms with Crippen molar-refractivity contribution >= 4 is 34.2 Å². The van der Waals surface area contributed by atoms with E-state index in [0.29, 0.717) is 29.3 Å². The van der Waals surface area contributed by atoms with Crippen LogP contribution >= 0.6 is 11.3 Å². The summed E-state index contributed by atoms with van der Waals surface area (Å²) in [5.41, 5.74) is 1.66. The Morgan fingerprint density at radius 1 is 1.13 bits per heavy atom. The van der Waals surface area contributed by atoms with Crippen molar-refractivity contribution in [3.05, 3.63) is 16.0 Å². The summed E-state index contributed by atoms with van der Waals surface area (Å²) in [6, 6.07) is 0. The van der Waals surface area contributed by atoms with Gasteiger partial charge >= 0.3 is 5.97 Å². The fraction of sp³-hybridized carbons (Fsp3) is 0.708. The third-order valence-electron chi connectivity index (χ3n) is 7.40. The molecule has 31 heavy (non-hydrogen) atoms. The van der Waals surface area contributed by atoms with Crippen molar-refractivity contribution in [3.8, 4) is 0 Å². The number of nitrogens with one attached hydrogen (secondary N) is 1. The summed E-state index contributed by atoms with van der Waals surface area (Å²) in [6.45, 7) is 8.80. The average molecular weight is 449 g/mol. The Kier molecular flexibility index (Phi) is 7.45. The molecule has 0 unspecified atom stereocenters. The zero-order chi connectivity index (χ0) is 22.8. The van der Waals surface area contributed by atoms with Crippen molar-refractivity contribution in [2.24, 2.45) is 23.2 Å². The Hall–Kier alpha value is -1.89. The van der Waals surface area contributed by atoms with Crippen LogP contribution in [-0.2, 0) is 27.2 Å². The third kappa shape index (κ3) is 4.97. The molecule has 2 aliphatic rings. The Labute approximate surface area is 188 Å². The topological polar surface area (TPSA) is 95.5 Å². The number of fused-ring (bicyclic) bond motifs is 1. The lowest BCUT2D eigenvalue weighted by Crippen LogP contribution is -2.42. The van der Waals surface area contributed by atoms with Crippen LogP contribution in [0.5, 0.6) is 0 Å². The van der Waals surface area contributed by atoms with Crippen LogP contribution in [0.1, 0.15) is 87.0 Å². The molecule has 1 heterocycles. The highest BCUT2D eigenvalue weighted by Gasteiger charge is 2.37. The van der Waals surface area contributed by atoms with Gasteiger partial charge in [0.2, 0.25) is 5.91 Å². The summed E-state index contributed by atoms with van der Waals surface area (Å²) in [5, 5.41) is 15.0. The minimum atomic E-state index is -1.17. The van der Waals surface area contributed by atoms with Gasteiger partial charge in [-0.25, -0.2) is 4.79 Å². The second kappa shape index (κ2) is 9.72. The largest absolute Gasteiger partial charge is 0.550 e. The molecular formula is C24H34NO5S-. The molecule has 1 N–H and O–H groups in total. The van der Waals surface area contributed by atoms with Gasteiger partial charge in [-0.05, 0) is 55.9 Å². The van der Waals surface area contributed by atoms with Crippen molar-refractivity contribution < 1.29 is 24.2 Å². The quantitative estimate of drug-likeness (QED) is 0.637. The van der Waals surface area contributed by atoms with Gasteiger partial charge in [-0.1, -0.05) is 40.0 Å². The lowest BCUT2D eigenvalue weighted by Gasteiger charge is -2.36. The molecule has 6 nitrogen and oxygen atoms in total. The summed E-state index contributed by atoms with van der Waals surface area (Å²) >= 11 is 1.45. The molecule has 1 aromatic heterocycles. The van der Waals surface area contributed by atoms with Crippen LogP contribution in [0.25, 0.3) is 0 Å². The van der Waals surface area contributed by atoms with E-state index >= 15 is 0 Å². The smallest absolute Gasteiger partial charge is 0.341 e. The van der Waals surface area contributed by atoms with Crippen LogP contribution in [0.2, 0.25) is 0 Å². The highest BCUT2D eigenvalue weighted by Crippen LogP contribution is 2.46. The van der Waals surface area contributed by atoms with Crippen LogP contribution in [0.15, 0.2) is 0 Å². The number of anilines is 1. The lowest BCUT2D eigenvalue weighted by atomic mass is 9.69. The van der Waals surface area contributed by atoms with E-state index in [4.69, 9.17) is 4.74 Å². The number of rotatable bonds is 7. The monoisotopic (exact) mass is 448 g/mol. The Morgan fingerprint density at radius 3 is 2.42 bits per heavy atom. The number of ether oxygens (including phenoxy) is 1. The van der Waals surface area contributed by atoms with Crippen LogP contribution < -0.4 is 10.4 Å². The van der Waals surface area contributed by atoms with Crippen LogP contribution in [-0.4, -0.2) is 24.5 Å². The zero-order valence-electron chi connectivity index (χ0n) is 19.0. The number of aliphatic carboxylic acids is 1. The Bertz CT molecular complexity index is 843. The number of thiophene rings is 1. The van der Waals surface area contributed by atoms with Gasteiger partial charge in [0.1, 0.15) is 5.00 Å². The van der Waals surface area contributed by atoms with E-state index < -0.39 is 23.8 Å². The van der Waals surface area contributed by atoms with Gasteiger partial charge in [0.05, 0.1) is 12.2 Å². The zero-order valence-corrected chi connectivity index (χ0v) is 19.9. The predicted octanol–water partition coefficient (Wildman–Crippen LogP) is 3.96. The van der Waals surface area contributed by atoms with Gasteiger partial charge in [-0.15, -0.1) is 11.3 Å². The third-order valence-corrected chi connectivity index (χ3v) is 8.57. The molecule has 0 bridgehead atoms. The molecule has 1 fully saturated rings. The maximum absolute atomic E-state index is 13.1. The molecule has 0 aliphatic heterocycles. The second-order valence-electron chi connectivity index (χ2n) is 9.52. The number of carbonyl (C=O) groups excluding carboxylic acids is 3. The first-order chi connectivity index (χ1) is 14.7. The molecule has 3 rings (SSSR count). The van der Waals surface area contributed by atoms with Crippen molar-refractivity contribution in [2.75, 3.05) is 11.9 Å². The molecule has 0 radical (unpaired) electrons. The van der Waals surface area contributed by atoms with E-state index in [2.05, 4.69) is 26.1 Å². The van der Waals surface area contributed by atoms with Crippen LogP contribution in [0.3, 0.4) is 0 Å². The maximum Gasteiger partial charge on any atom is 0.341 e. The molecule has 0 saturated heterocycles. The number of carboxylic acids is 1. The molecule has 1 saturated carbocycles. The first kappa shape index (κ1) is 23.8. The predicted molar refractivity (Wildman–Crippen MR) is 119 cm³/mol. The minimum absolute atomic E-state index is 0.207. The SMILES string of the molecule is CCOC(=O)c1c(NC(=O)[C@H]2CCCC[C@@H]2C(=O)[O-])sc2c1CC[C@H](C(C)(C)CC)C2. The number of esters is 1. The lowest BCUT2D eigenvalue weighted by molar-refractivity contribution is -0.313. The molecular weight excluding hydrogens is 414 g/mol. The highest BCUT2D eigenvalue weighted by atomic mass is 32.1. The standard InChI is InChI=1S/C24H35NO5S/c1-5-24(3,4)14-11-12-17-18(13-14)31-21(19(17)23(29)30-6-2)25-20(26)15-9-7-8-10-16(15)22(27)28/h14-16H,5-13H2,1-4H3,(H,25,26)(H,27,28)/p-1/t14-,15-,16-/m0/s1. The first-order valence-corrected chi connectivity index (χ1v) is 12.3. The molecule has 1 aromatic rings. The average Bonchev–Trinajstić information content (AvgIpc) is 3.10. The van der Waals surface area contributed by atoms with Gasteiger partial charge < -0.3 is 20.0 Å². The van der Waals surface area contributed by atoms with Gasteiger partial charge in [0, 0.05) is 22.7 Å². The van der Waals surface area contributed by atoms with Crippen LogP contribution in [0, 0.1) is 23.2 Å². The summed E-state index contributed by atoms with van der Waals surface area (Å²) in [4.78, 5) is 38.5. The van der Waals surface area contributed by atoms with E-state index in [1.54, 1.807) is 6.92 Å². The maximum atomic E-state index is 13.1. The van der Waals surface area contributed by atoms with Crippen molar-refractivity contribution in [1.82, 2.24) is 0 Å². The van der Waals surface area contributed by atoms with E-state index in [-0.39, 0.29) is 17.9 Å². The van der Waals surface area contributed by atoms with Gasteiger partial charge in [0.15, 0.2) is 0 Å². The van der Waals surface area contributed by atoms with Gasteiger partial charge in [-0.2, -0.15) is 0 Å². The Morgan fingerprint density at radius 2 is 1.81 bits per heavy atom. The number of amides is 1. The Balaban J connectivity index is 1.90. The molecule has 0 aromatic carbocycles. The second-order valence-corrected chi connectivity index (χ2v) is 10.6.